The molecule has 0 atom stereocenters. The second-order valence-corrected chi connectivity index (χ2v) is 7.27. The predicted octanol–water partition coefficient (Wildman–Crippen LogP) is 2.40. The van der Waals surface area contributed by atoms with Crippen LogP contribution in [0.15, 0.2) is 60.0 Å². The van der Waals surface area contributed by atoms with Crippen LogP contribution in [-0.2, 0) is 19.6 Å². The number of rotatable bonds is 10. The van der Waals surface area contributed by atoms with Crippen molar-refractivity contribution in [3.63, 3.8) is 0 Å². The Hall–Kier alpha value is -2.97. The lowest BCUT2D eigenvalue weighted by molar-refractivity contribution is -0.141. The van der Waals surface area contributed by atoms with Crippen LogP contribution in [0.1, 0.15) is 22.8 Å². The Balaban J connectivity index is 1.78. The van der Waals surface area contributed by atoms with Gasteiger partial charge in [-0.1, -0.05) is 30.3 Å². The molecule has 0 bridgehead atoms. The highest BCUT2D eigenvalue weighted by molar-refractivity contribution is 7.92. The maximum absolute atomic E-state index is 12.0. The fourth-order valence-corrected chi connectivity index (χ4v) is 2.88. The van der Waals surface area contributed by atoms with Gasteiger partial charge in [-0.15, -0.1) is 0 Å². The van der Waals surface area contributed by atoms with Crippen LogP contribution in [0.3, 0.4) is 0 Å². The van der Waals surface area contributed by atoms with E-state index in [9.17, 15) is 18.0 Å². The number of benzene rings is 2. The number of hydrogen-bond donors (Lipinski definition) is 1. The quantitative estimate of drug-likeness (QED) is 0.483. The molecule has 0 aliphatic heterocycles. The van der Waals surface area contributed by atoms with E-state index in [4.69, 9.17) is 9.47 Å². The van der Waals surface area contributed by atoms with Crippen molar-refractivity contribution >= 4 is 27.9 Å². The Morgan fingerprint density at radius 3 is 2.36 bits per heavy atom. The Morgan fingerprint density at radius 2 is 1.71 bits per heavy atom. The number of ether oxygens (including phenoxy) is 2. The molecule has 0 spiro atoms. The minimum atomic E-state index is -3.81. The van der Waals surface area contributed by atoms with E-state index >= 15 is 0 Å². The van der Waals surface area contributed by atoms with E-state index < -0.39 is 34.9 Å². The number of carbonyl (C=O) groups excluding carboxylic acids is 2. The van der Waals surface area contributed by atoms with E-state index in [1.807, 2.05) is 13.0 Å². The van der Waals surface area contributed by atoms with E-state index in [0.717, 1.165) is 5.41 Å². The molecule has 0 saturated heterocycles. The average Bonchev–Trinajstić information content (AvgIpc) is 2.71. The SMILES string of the molecule is CCOc1ccc(C(=O)COC(=O)CNS(=O)(=O)/C=C/c2ccccc2)cc1. The van der Waals surface area contributed by atoms with E-state index in [-0.39, 0.29) is 0 Å². The Bertz CT molecular complexity index is 921. The molecule has 0 aromatic heterocycles. The van der Waals surface area contributed by atoms with E-state index in [0.29, 0.717) is 23.5 Å². The van der Waals surface area contributed by atoms with Gasteiger partial charge >= 0.3 is 5.97 Å². The highest BCUT2D eigenvalue weighted by Crippen LogP contribution is 2.12. The maximum Gasteiger partial charge on any atom is 0.321 e. The van der Waals surface area contributed by atoms with Crippen molar-refractivity contribution in [1.29, 1.82) is 0 Å². The molecule has 8 heteroatoms. The number of esters is 1. The molecule has 2 aromatic rings. The first-order valence-corrected chi connectivity index (χ1v) is 10.1. The lowest BCUT2D eigenvalue weighted by atomic mass is 10.1. The standard InChI is InChI=1S/C20H21NO6S/c1-2-26-18-10-8-17(9-11-18)19(22)15-27-20(23)14-21-28(24,25)13-12-16-6-4-3-5-7-16/h3-13,21H,2,14-15H2,1H3/b13-12+. The molecule has 0 fully saturated rings. The van der Waals surface area contributed by atoms with Crippen LogP contribution in [0.25, 0.3) is 6.08 Å². The first kappa shape index (κ1) is 21.3. The van der Waals surface area contributed by atoms with Crippen molar-refractivity contribution in [3.05, 3.63) is 71.1 Å². The summed E-state index contributed by atoms with van der Waals surface area (Å²) in [7, 11) is -3.81. The molecule has 0 aliphatic rings. The van der Waals surface area contributed by atoms with Crippen molar-refractivity contribution in [1.82, 2.24) is 4.72 Å². The Morgan fingerprint density at radius 1 is 1.04 bits per heavy atom. The molecule has 2 rings (SSSR count). The van der Waals surface area contributed by atoms with Crippen molar-refractivity contribution in [2.75, 3.05) is 19.8 Å². The van der Waals surface area contributed by atoms with Crippen LogP contribution < -0.4 is 9.46 Å². The zero-order valence-corrected chi connectivity index (χ0v) is 16.1. The average molecular weight is 403 g/mol. The van der Waals surface area contributed by atoms with Gasteiger partial charge < -0.3 is 9.47 Å². The van der Waals surface area contributed by atoms with Gasteiger partial charge in [0.2, 0.25) is 10.0 Å². The molecule has 28 heavy (non-hydrogen) atoms. The highest BCUT2D eigenvalue weighted by Gasteiger charge is 2.13. The largest absolute Gasteiger partial charge is 0.494 e. The predicted molar refractivity (Wildman–Crippen MR) is 105 cm³/mol. The minimum absolute atomic E-state index is 0.364. The van der Waals surface area contributed by atoms with Gasteiger partial charge in [0.25, 0.3) is 0 Å². The van der Waals surface area contributed by atoms with Crippen molar-refractivity contribution < 1.29 is 27.5 Å². The highest BCUT2D eigenvalue weighted by atomic mass is 32.2. The van der Waals surface area contributed by atoms with Gasteiger partial charge in [-0.3, -0.25) is 9.59 Å². The molecule has 0 saturated carbocycles. The van der Waals surface area contributed by atoms with Gasteiger partial charge in [0.05, 0.1) is 6.61 Å². The third kappa shape index (κ3) is 7.34. The second-order valence-electron chi connectivity index (χ2n) is 5.62. The second kappa shape index (κ2) is 10.4. The van der Waals surface area contributed by atoms with Crippen molar-refractivity contribution in [2.45, 2.75) is 6.92 Å². The summed E-state index contributed by atoms with van der Waals surface area (Å²) in [6.45, 7) is 1.32. The monoisotopic (exact) mass is 403 g/mol. The molecular formula is C20H21NO6S. The summed E-state index contributed by atoms with van der Waals surface area (Å²) >= 11 is 0. The van der Waals surface area contributed by atoms with E-state index in [1.165, 1.54) is 6.08 Å². The molecule has 0 heterocycles. The van der Waals surface area contributed by atoms with Gasteiger partial charge in [-0.2, -0.15) is 0 Å². The number of sulfonamides is 1. The lowest BCUT2D eigenvalue weighted by Crippen LogP contribution is -2.30. The fourth-order valence-electron chi connectivity index (χ4n) is 2.12. The molecule has 2 aromatic carbocycles. The zero-order chi connectivity index (χ0) is 20.4. The molecule has 7 nitrogen and oxygen atoms in total. The lowest BCUT2D eigenvalue weighted by Gasteiger charge is -2.06. The molecule has 0 radical (unpaired) electrons. The number of Topliss-reactive ketones (excluding diaryl/α,β-unsaturated/α-hetero) is 1. The van der Waals surface area contributed by atoms with Crippen LogP contribution >= 0.6 is 0 Å². The zero-order valence-electron chi connectivity index (χ0n) is 15.3. The number of ketones is 1. The summed E-state index contributed by atoms with van der Waals surface area (Å²) in [6.07, 6.45) is 1.41. The van der Waals surface area contributed by atoms with Crippen LogP contribution in [-0.4, -0.2) is 39.9 Å². The molecule has 0 amide bonds. The third-order valence-electron chi connectivity index (χ3n) is 3.51. The summed E-state index contributed by atoms with van der Waals surface area (Å²) in [5.41, 5.74) is 1.07. The maximum atomic E-state index is 12.0. The van der Waals surface area contributed by atoms with Crippen LogP contribution in [0, 0.1) is 0 Å². The number of nitrogens with one attached hydrogen (secondary N) is 1. The Labute approximate surface area is 164 Å². The van der Waals surface area contributed by atoms with Gasteiger partial charge in [-0.25, -0.2) is 13.1 Å². The number of carbonyl (C=O) groups is 2. The normalized spacial score (nSPS) is 11.3. The van der Waals surface area contributed by atoms with E-state index in [2.05, 4.69) is 4.72 Å². The first-order valence-electron chi connectivity index (χ1n) is 8.54. The summed E-state index contributed by atoms with van der Waals surface area (Å²) in [4.78, 5) is 23.7. The van der Waals surface area contributed by atoms with Gasteiger partial charge in [0.15, 0.2) is 12.4 Å². The molecule has 0 aliphatic carbocycles. The van der Waals surface area contributed by atoms with Crippen molar-refractivity contribution in [3.8, 4) is 5.75 Å². The van der Waals surface area contributed by atoms with Crippen LogP contribution in [0.2, 0.25) is 0 Å². The topological polar surface area (TPSA) is 98.8 Å². The summed E-state index contributed by atoms with van der Waals surface area (Å²) in [6, 6.07) is 15.3. The molecule has 0 unspecified atom stereocenters. The molecule has 1 N–H and O–H groups in total. The minimum Gasteiger partial charge on any atom is -0.494 e. The van der Waals surface area contributed by atoms with Crippen LogP contribution in [0.4, 0.5) is 0 Å². The first-order chi connectivity index (χ1) is 13.4. The summed E-state index contributed by atoms with van der Waals surface area (Å²) in [5.74, 6) is -0.617. The van der Waals surface area contributed by atoms with Gasteiger partial charge in [0.1, 0.15) is 12.3 Å². The fraction of sp³-hybridized carbons (Fsp3) is 0.200. The van der Waals surface area contributed by atoms with Gasteiger partial charge in [-0.05, 0) is 42.8 Å². The summed E-state index contributed by atoms with van der Waals surface area (Å²) < 4.78 is 35.9. The summed E-state index contributed by atoms with van der Waals surface area (Å²) in [5, 5.41) is 0.959. The third-order valence-corrected chi connectivity index (χ3v) is 4.55. The Kier molecular flexibility index (Phi) is 7.91. The van der Waals surface area contributed by atoms with Gasteiger partial charge in [0, 0.05) is 11.0 Å². The smallest absolute Gasteiger partial charge is 0.321 e. The molecule has 148 valence electrons. The van der Waals surface area contributed by atoms with Crippen molar-refractivity contribution in [2.24, 2.45) is 0 Å². The van der Waals surface area contributed by atoms with E-state index in [1.54, 1.807) is 48.5 Å². The van der Waals surface area contributed by atoms with Crippen LogP contribution in [0.5, 0.6) is 5.75 Å². The molecular weight excluding hydrogens is 382 g/mol. The number of hydrogen-bond acceptors (Lipinski definition) is 6.